The second-order valence-corrected chi connectivity index (χ2v) is 15.3. The van der Waals surface area contributed by atoms with Gasteiger partial charge in [-0.1, -0.05) is 124 Å². The van der Waals surface area contributed by atoms with Crippen LogP contribution in [-0.2, 0) is 5.41 Å². The van der Waals surface area contributed by atoms with Gasteiger partial charge in [-0.15, -0.1) is 0 Å². The molecule has 0 unspecified atom stereocenters. The molecular weight excluding hydrogens is 699 g/mol. The van der Waals surface area contributed by atoms with Crippen LogP contribution in [0, 0.1) is 0 Å². The van der Waals surface area contributed by atoms with Crippen LogP contribution in [-0.4, -0.2) is 21.2 Å². The van der Waals surface area contributed by atoms with E-state index in [9.17, 15) is 1.37 Å². The molecule has 0 aliphatic carbocycles. The van der Waals surface area contributed by atoms with Gasteiger partial charge >= 0.3 is 0 Å². The lowest BCUT2D eigenvalue weighted by Crippen LogP contribution is -2.25. The van der Waals surface area contributed by atoms with E-state index in [1.54, 1.807) is 0 Å². The molecule has 0 bridgehead atoms. The van der Waals surface area contributed by atoms with Gasteiger partial charge in [-0.05, 0) is 76.7 Å². The van der Waals surface area contributed by atoms with Crippen molar-refractivity contribution in [3.63, 3.8) is 0 Å². The highest BCUT2D eigenvalue weighted by atomic mass is 16.5. The van der Waals surface area contributed by atoms with Crippen LogP contribution < -0.4 is 14.5 Å². The average molecular weight is 743 g/mol. The predicted octanol–water partition coefficient (Wildman–Crippen LogP) is 13.2. The van der Waals surface area contributed by atoms with Crippen molar-refractivity contribution in [3.8, 4) is 39.6 Å². The number of anilines is 4. The van der Waals surface area contributed by atoms with E-state index in [0.29, 0.717) is 29.5 Å². The fourth-order valence-corrected chi connectivity index (χ4v) is 7.90. The number of nitrogens with zero attached hydrogens (tertiary/aromatic N) is 5. The Morgan fingerprint density at radius 3 is 2.05 bits per heavy atom. The van der Waals surface area contributed by atoms with Crippen molar-refractivity contribution in [2.75, 3.05) is 16.5 Å². The highest BCUT2D eigenvalue weighted by Crippen LogP contribution is 2.49. The summed E-state index contributed by atoms with van der Waals surface area (Å²) in [5, 5.41) is 1.97. The van der Waals surface area contributed by atoms with E-state index < -0.39 is 5.41 Å². The molecule has 0 fully saturated rings. The minimum absolute atomic E-state index is 0.0168. The van der Waals surface area contributed by atoms with Crippen molar-refractivity contribution in [1.82, 2.24) is 14.5 Å². The summed E-state index contributed by atoms with van der Waals surface area (Å²) in [4.78, 5) is 14.1. The normalized spacial score (nSPS) is 13.4. The third-order valence-electron chi connectivity index (χ3n) is 10.6. The summed E-state index contributed by atoms with van der Waals surface area (Å²) in [6.45, 7) is 6.42. The standard InChI is InChI=1S/C51H41N5O/c1-51(2,3)37-28-30-52-48(31-37)56-45-24-11-10-21-43(45)44-27-26-40(33-47(44)56)57-39-20-12-19-38(32-39)54-34-55(46-25-14-29-53-50(46)54)49-41(35-15-6-4-7-16-35)22-13-23-42(49)36-17-8-5-9-18-36/h4-33H,34H2,1-3H3/i28D,30D,31D. The number of benzene rings is 6. The first-order valence-electron chi connectivity index (χ1n) is 20.7. The highest BCUT2D eigenvalue weighted by Gasteiger charge is 2.32. The number of fused-ring (bicyclic) bond motifs is 4. The minimum Gasteiger partial charge on any atom is -0.457 e. The third kappa shape index (κ3) is 6.16. The Morgan fingerprint density at radius 1 is 0.614 bits per heavy atom. The van der Waals surface area contributed by atoms with E-state index in [1.165, 1.54) is 0 Å². The first-order chi connectivity index (χ1) is 29.2. The summed E-state index contributed by atoms with van der Waals surface area (Å²) in [6, 6.07) is 53.9. The smallest absolute Gasteiger partial charge is 0.158 e. The molecule has 0 amide bonds. The van der Waals surface area contributed by atoms with Crippen molar-refractivity contribution in [3.05, 3.63) is 188 Å². The zero-order valence-corrected chi connectivity index (χ0v) is 31.9. The van der Waals surface area contributed by atoms with Gasteiger partial charge in [0.2, 0.25) is 0 Å². The monoisotopic (exact) mass is 742 g/mol. The fraction of sp³-hybridized carbons (Fsp3) is 0.0980. The summed E-state index contributed by atoms with van der Waals surface area (Å²) in [5.74, 6) is 2.44. The predicted molar refractivity (Wildman–Crippen MR) is 234 cm³/mol. The second kappa shape index (κ2) is 13.8. The molecule has 10 rings (SSSR count). The van der Waals surface area contributed by atoms with Crippen LogP contribution in [0.15, 0.2) is 182 Å². The molecule has 4 heterocycles. The molecule has 0 spiro atoms. The number of rotatable bonds is 7. The lowest BCUT2D eigenvalue weighted by atomic mass is 9.88. The van der Waals surface area contributed by atoms with E-state index in [1.807, 2.05) is 104 Å². The number of pyridine rings is 2. The topological polar surface area (TPSA) is 46.4 Å². The van der Waals surface area contributed by atoms with Gasteiger partial charge in [0.1, 0.15) is 24.0 Å². The van der Waals surface area contributed by atoms with Gasteiger partial charge in [-0.2, -0.15) is 0 Å². The fourth-order valence-electron chi connectivity index (χ4n) is 7.90. The second-order valence-electron chi connectivity index (χ2n) is 15.3. The van der Waals surface area contributed by atoms with E-state index in [4.69, 9.17) is 12.5 Å². The molecule has 57 heavy (non-hydrogen) atoms. The largest absolute Gasteiger partial charge is 0.457 e. The lowest BCUT2D eigenvalue weighted by molar-refractivity contribution is 0.483. The van der Waals surface area contributed by atoms with Gasteiger partial charge in [0, 0.05) is 52.1 Å². The Morgan fingerprint density at radius 2 is 1.30 bits per heavy atom. The molecule has 276 valence electrons. The molecule has 0 saturated carbocycles. The molecule has 6 heteroatoms. The molecule has 3 aromatic heterocycles. The average Bonchev–Trinajstić information content (AvgIpc) is 3.81. The molecule has 6 aromatic carbocycles. The maximum atomic E-state index is 9.31. The number of ether oxygens (including phenoxy) is 1. The molecule has 0 N–H and O–H groups in total. The van der Waals surface area contributed by atoms with Crippen LogP contribution in [0.1, 0.15) is 30.4 Å². The van der Waals surface area contributed by atoms with Gasteiger partial charge in [-0.25, -0.2) is 9.97 Å². The quantitative estimate of drug-likeness (QED) is 0.163. The zero-order valence-electron chi connectivity index (χ0n) is 34.9. The van der Waals surface area contributed by atoms with E-state index in [2.05, 4.69) is 99.7 Å². The molecule has 0 radical (unpaired) electrons. The molecule has 6 nitrogen and oxygen atoms in total. The molecular formula is C51H41N5O. The lowest BCUT2D eigenvalue weighted by Gasteiger charge is -2.27. The first kappa shape index (κ1) is 31.1. The Kier molecular flexibility index (Phi) is 7.54. The highest BCUT2D eigenvalue weighted by molar-refractivity contribution is 6.09. The number of hydrogen-bond acceptors (Lipinski definition) is 5. The van der Waals surface area contributed by atoms with Crippen molar-refractivity contribution in [2.24, 2.45) is 0 Å². The van der Waals surface area contributed by atoms with Crippen molar-refractivity contribution in [1.29, 1.82) is 0 Å². The summed E-state index contributed by atoms with van der Waals surface area (Å²) < 4.78 is 35.2. The summed E-state index contributed by atoms with van der Waals surface area (Å²) in [6.07, 6.45) is 1.69. The van der Waals surface area contributed by atoms with E-state index in [0.717, 1.165) is 66.9 Å². The minimum atomic E-state index is -0.530. The van der Waals surface area contributed by atoms with Gasteiger partial charge in [0.15, 0.2) is 5.82 Å². The first-order valence-corrected chi connectivity index (χ1v) is 19.2. The van der Waals surface area contributed by atoms with Crippen LogP contribution in [0.25, 0.3) is 49.9 Å². The van der Waals surface area contributed by atoms with Crippen LogP contribution in [0.3, 0.4) is 0 Å². The zero-order chi connectivity index (χ0) is 41.1. The Labute approximate surface area is 337 Å². The molecule has 0 saturated heterocycles. The molecule has 9 aromatic rings. The molecule has 0 atom stereocenters. The van der Waals surface area contributed by atoms with Gasteiger partial charge < -0.3 is 14.5 Å². The third-order valence-corrected chi connectivity index (χ3v) is 10.6. The summed E-state index contributed by atoms with van der Waals surface area (Å²) >= 11 is 0. The molecule has 1 aliphatic heterocycles. The van der Waals surface area contributed by atoms with Crippen molar-refractivity contribution in [2.45, 2.75) is 26.2 Å². The van der Waals surface area contributed by atoms with Crippen LogP contribution in [0.4, 0.5) is 22.9 Å². The maximum Gasteiger partial charge on any atom is 0.158 e. The number of hydrogen-bond donors (Lipinski definition) is 0. The van der Waals surface area contributed by atoms with Crippen LogP contribution in [0.5, 0.6) is 11.5 Å². The Hall–Kier alpha value is -7.18. The molecule has 1 aliphatic rings. The van der Waals surface area contributed by atoms with E-state index >= 15 is 0 Å². The van der Waals surface area contributed by atoms with Crippen molar-refractivity contribution < 1.29 is 8.85 Å². The SMILES string of the molecule is [2H]c1nc(-n2c3ccccc3c3ccc(Oc4cccc(N5CN(c6c(-c7ccccc7)cccc6-c6ccccc6)c6cccnc65)c4)cc32)c([2H])c(C(C)(C)C)c1[2H]. The van der Waals surface area contributed by atoms with Gasteiger partial charge in [0.25, 0.3) is 0 Å². The van der Waals surface area contributed by atoms with Crippen LogP contribution in [0.2, 0.25) is 0 Å². The Bertz CT molecular complexity index is 3030. The number of aromatic nitrogens is 3. The number of para-hydroxylation sites is 2. The van der Waals surface area contributed by atoms with Gasteiger partial charge in [0.05, 0.1) is 26.5 Å². The maximum absolute atomic E-state index is 9.31. The van der Waals surface area contributed by atoms with Crippen LogP contribution >= 0.6 is 0 Å². The summed E-state index contributed by atoms with van der Waals surface area (Å²) in [7, 11) is 0. The Balaban J connectivity index is 1.05. The summed E-state index contributed by atoms with van der Waals surface area (Å²) in [5.41, 5.74) is 9.21. The van der Waals surface area contributed by atoms with Gasteiger partial charge in [-0.3, -0.25) is 4.57 Å². The van der Waals surface area contributed by atoms with E-state index in [-0.39, 0.29) is 18.3 Å². The van der Waals surface area contributed by atoms with Crippen molar-refractivity contribution >= 4 is 44.7 Å².